The Morgan fingerprint density at radius 3 is 1.65 bits per heavy atom. The molecular weight excluding hydrogens is 1130 g/mol. The van der Waals surface area contributed by atoms with E-state index >= 15 is 0 Å². The van der Waals surface area contributed by atoms with E-state index in [-0.39, 0.29) is 64.0 Å². The minimum atomic E-state index is 0. The van der Waals surface area contributed by atoms with Crippen molar-refractivity contribution in [3.63, 3.8) is 0 Å². The molecule has 0 bridgehead atoms. The minimum Gasteiger partial charge on any atom is -0.504 e. The van der Waals surface area contributed by atoms with E-state index in [0.29, 0.717) is 0 Å². The van der Waals surface area contributed by atoms with Gasteiger partial charge in [0.1, 0.15) is 0 Å². The van der Waals surface area contributed by atoms with Crippen molar-refractivity contribution in [3.8, 4) is 0 Å². The smallest absolute Gasteiger partial charge is 0.0336 e. The number of nitrogens with zero attached hydrogens (tertiary/aromatic N) is 8. The average Bonchev–Trinajstić information content (AvgIpc) is 3.94. The molecule has 0 unspecified atom stereocenters. The van der Waals surface area contributed by atoms with Crippen molar-refractivity contribution < 1.29 is 42.1 Å². The van der Waals surface area contributed by atoms with Gasteiger partial charge in [-0.2, -0.15) is 54.8 Å². The number of aromatic nitrogens is 4. The fourth-order valence-electron chi connectivity index (χ4n) is 6.29. The van der Waals surface area contributed by atoms with Gasteiger partial charge < -0.3 is 39.2 Å². The van der Waals surface area contributed by atoms with Gasteiger partial charge in [-0.3, -0.25) is 6.08 Å². The molecule has 4 heterocycles. The SMILES string of the molecule is CC(C)(C)c1[c-]nn(C(C)(C)C)c1.CC(C)(C)c1[c-]nn(C(C)(C)C)c1.CN1[CH-]N(C2=CC=CC=[C-]C2)C2=C1C=CCC=C2.CN1[CH-]N(c2[c-]cccc2)c2ccccc21.[Pt].[Pt]. The summed E-state index contributed by atoms with van der Waals surface area (Å²) in [6.45, 7) is 30.1. The molecule has 0 amide bonds. The van der Waals surface area contributed by atoms with E-state index in [2.05, 4.69) is 244 Å². The molecule has 2 aliphatic heterocycles. The number of benzene rings is 2. The van der Waals surface area contributed by atoms with Crippen molar-refractivity contribution in [2.45, 2.75) is 118 Å². The molecule has 0 saturated heterocycles. The summed E-state index contributed by atoms with van der Waals surface area (Å²) in [4.78, 5) is 8.68. The Hall–Kier alpha value is -4.12. The predicted octanol–water partition coefficient (Wildman–Crippen LogP) is 11.9. The van der Waals surface area contributed by atoms with Gasteiger partial charge in [0.2, 0.25) is 0 Å². The van der Waals surface area contributed by atoms with Crippen molar-refractivity contribution >= 4 is 17.1 Å². The fraction of sp³-hybridized carbons (Fsp3) is 0.385. The number of likely N-dealkylation sites (N-methyl/N-ethyl adjacent to an activating group) is 1. The number of allylic oxidation sites excluding steroid dienone is 9. The van der Waals surface area contributed by atoms with Crippen molar-refractivity contribution in [3.05, 3.63) is 176 Å². The molecule has 10 heteroatoms. The largest absolute Gasteiger partial charge is 0.504 e. The van der Waals surface area contributed by atoms with Crippen LogP contribution in [0.5, 0.6) is 0 Å². The first kappa shape index (κ1) is 52.2. The third-order valence-corrected chi connectivity index (χ3v) is 10.0. The van der Waals surface area contributed by atoms with Gasteiger partial charge in [-0.25, -0.2) is 12.2 Å². The van der Waals surface area contributed by atoms with E-state index in [0.717, 1.165) is 18.5 Å². The standard InChI is InChI=1S/C16H16N2.C14H12N2.2C11H19N2.2Pt/c1-17-13-18(14-9-5-2-3-6-10-14)16-12-8-4-7-11-15(16)17;1-15-11-16(12-7-3-2-4-8-12)14-10-6-5-9-13(14)15;2*1-10(2,3)9-7-12-13(8-9)11(4,5)6;;/h2-3,5,7-9,11-13H,4,10H2,1H3;2-7,9-11H,1H3;2*8H,1-6H3;;/q2*-2;2*-1;;. The number of hydrogen-bond acceptors (Lipinski definition) is 6. The second-order valence-corrected chi connectivity index (χ2v) is 19.4. The Bertz CT molecular complexity index is 2090. The van der Waals surface area contributed by atoms with Gasteiger partial charge in [0.25, 0.3) is 0 Å². The monoisotopic (exact) mass is 1190 g/mol. The van der Waals surface area contributed by atoms with Crippen LogP contribution in [0.15, 0.2) is 127 Å². The molecule has 2 aromatic carbocycles. The van der Waals surface area contributed by atoms with Gasteiger partial charge in [-0.05, 0) is 103 Å². The summed E-state index contributed by atoms with van der Waals surface area (Å²) in [6.07, 6.45) is 32.4. The molecule has 8 rings (SSSR count). The second kappa shape index (κ2) is 22.0. The maximum atomic E-state index is 4.25. The summed E-state index contributed by atoms with van der Waals surface area (Å²) in [5.74, 6) is 0. The van der Waals surface area contributed by atoms with Crippen LogP contribution in [-0.4, -0.2) is 43.5 Å². The Balaban J connectivity index is 0.000000220. The molecule has 0 saturated carbocycles. The first-order valence-corrected chi connectivity index (χ1v) is 20.9. The summed E-state index contributed by atoms with van der Waals surface area (Å²) in [6, 6.07) is 19.6. The molecule has 62 heavy (non-hydrogen) atoms. The van der Waals surface area contributed by atoms with Crippen molar-refractivity contribution in [1.29, 1.82) is 0 Å². The Morgan fingerprint density at radius 1 is 0.613 bits per heavy atom. The van der Waals surface area contributed by atoms with Gasteiger partial charge in [0.15, 0.2) is 0 Å². The molecule has 2 aliphatic carbocycles. The van der Waals surface area contributed by atoms with Crippen LogP contribution in [0.4, 0.5) is 17.1 Å². The number of rotatable bonds is 2. The van der Waals surface area contributed by atoms with Gasteiger partial charge in [0.05, 0.1) is 0 Å². The molecule has 4 aromatic rings. The maximum absolute atomic E-state index is 4.25. The first-order chi connectivity index (χ1) is 28.1. The molecule has 0 N–H and O–H groups in total. The van der Waals surface area contributed by atoms with E-state index in [4.69, 9.17) is 0 Å². The van der Waals surface area contributed by atoms with E-state index in [1.165, 1.54) is 39.6 Å². The summed E-state index contributed by atoms with van der Waals surface area (Å²) in [5, 5.41) is 8.49. The number of anilines is 3. The minimum absolute atomic E-state index is 0. The topological polar surface area (TPSA) is 48.6 Å². The third-order valence-electron chi connectivity index (χ3n) is 10.0. The molecule has 2 aromatic heterocycles. The zero-order valence-electron chi connectivity index (χ0n) is 39.2. The molecule has 0 spiro atoms. The molecule has 0 radical (unpaired) electrons. The van der Waals surface area contributed by atoms with E-state index in [9.17, 15) is 0 Å². The van der Waals surface area contributed by atoms with Crippen LogP contribution in [0.3, 0.4) is 0 Å². The van der Waals surface area contributed by atoms with Crippen LogP contribution < -0.4 is 9.80 Å². The van der Waals surface area contributed by atoms with Crippen molar-refractivity contribution in [1.82, 2.24) is 29.4 Å². The molecule has 4 aliphatic rings. The zero-order valence-corrected chi connectivity index (χ0v) is 43.7. The van der Waals surface area contributed by atoms with E-state index in [1.807, 2.05) is 39.7 Å². The Morgan fingerprint density at radius 2 is 1.15 bits per heavy atom. The number of hydrogen-bond donors (Lipinski definition) is 0. The fourth-order valence-corrected chi connectivity index (χ4v) is 6.29. The van der Waals surface area contributed by atoms with Crippen molar-refractivity contribution in [2.24, 2.45) is 0 Å². The van der Waals surface area contributed by atoms with Crippen LogP contribution in [0.2, 0.25) is 0 Å². The van der Waals surface area contributed by atoms with Crippen LogP contribution in [0, 0.1) is 37.9 Å². The van der Waals surface area contributed by atoms with Gasteiger partial charge in [-0.15, -0.1) is 36.6 Å². The van der Waals surface area contributed by atoms with Crippen LogP contribution in [-0.2, 0) is 64.0 Å². The third kappa shape index (κ3) is 13.9. The molecule has 0 fully saturated rings. The predicted molar refractivity (Wildman–Crippen MR) is 250 cm³/mol. The van der Waals surface area contributed by atoms with E-state index < -0.39 is 0 Å². The molecule has 340 valence electrons. The summed E-state index contributed by atoms with van der Waals surface area (Å²) in [5.41, 5.74) is 9.97. The molecule has 0 atom stereocenters. The van der Waals surface area contributed by atoms with Crippen molar-refractivity contribution in [2.75, 3.05) is 23.9 Å². The maximum Gasteiger partial charge on any atom is 0.0336 e. The quantitative estimate of drug-likeness (QED) is 0.186. The summed E-state index contributed by atoms with van der Waals surface area (Å²) < 4.78 is 3.93. The van der Waals surface area contributed by atoms with Gasteiger partial charge in [-0.1, -0.05) is 78.3 Å². The first-order valence-electron chi connectivity index (χ1n) is 20.9. The molecule has 8 nitrogen and oxygen atoms in total. The molecular formula is C52H66N8Pt2-6. The van der Waals surface area contributed by atoms with Crippen LogP contribution in [0.1, 0.15) is 107 Å². The Labute approximate surface area is 403 Å². The van der Waals surface area contributed by atoms with Crippen LogP contribution >= 0.6 is 0 Å². The van der Waals surface area contributed by atoms with E-state index in [1.54, 1.807) is 0 Å². The Kier molecular flexibility index (Phi) is 18.5. The summed E-state index contributed by atoms with van der Waals surface area (Å²) in [7, 11) is 4.15. The average molecular weight is 1190 g/mol. The van der Waals surface area contributed by atoms with Gasteiger partial charge >= 0.3 is 0 Å². The normalized spacial score (nSPS) is 15.7. The number of para-hydroxylation sites is 3. The second-order valence-electron chi connectivity index (χ2n) is 19.4. The van der Waals surface area contributed by atoms with Crippen LogP contribution in [0.25, 0.3) is 0 Å². The summed E-state index contributed by atoms with van der Waals surface area (Å²) >= 11 is 0. The van der Waals surface area contributed by atoms with Gasteiger partial charge in [0, 0.05) is 76.0 Å². The number of fused-ring (bicyclic) bond motifs is 1. The zero-order chi connectivity index (χ0) is 43.9.